The van der Waals surface area contributed by atoms with Crippen LogP contribution >= 0.6 is 0 Å². The summed E-state index contributed by atoms with van der Waals surface area (Å²) in [5.41, 5.74) is 0. The summed E-state index contributed by atoms with van der Waals surface area (Å²) in [7, 11) is -2.02. The molecule has 1 N–H and O–H groups in total. The summed E-state index contributed by atoms with van der Waals surface area (Å²) in [5, 5.41) is 8.62. The van der Waals surface area contributed by atoms with E-state index in [0.717, 1.165) is 0 Å². The molecule has 1 rings (SSSR count). The second-order valence-corrected chi connectivity index (χ2v) is 6.43. The maximum Gasteiger partial charge on any atom is 0.184 e. The van der Waals surface area contributed by atoms with Crippen molar-refractivity contribution in [2.24, 2.45) is 0 Å². The van der Waals surface area contributed by atoms with Crippen molar-refractivity contribution in [3.63, 3.8) is 0 Å². The molecule has 17 heavy (non-hydrogen) atoms. The van der Waals surface area contributed by atoms with Gasteiger partial charge in [-0.25, -0.2) is 8.42 Å². The molecule has 0 spiro atoms. The summed E-state index contributed by atoms with van der Waals surface area (Å²) in [6.45, 7) is 3.17. The number of aliphatic hydroxyl groups is 1. The highest BCUT2D eigenvalue weighted by atomic mass is 32.2. The van der Waals surface area contributed by atoms with Crippen LogP contribution in [0.4, 0.5) is 0 Å². The SMILES string of the molecule is COc1ccccc1S(=O)(=O)C(C)CC(C)O. The highest BCUT2D eigenvalue weighted by Crippen LogP contribution is 2.27. The Morgan fingerprint density at radius 2 is 1.88 bits per heavy atom. The van der Waals surface area contributed by atoms with Crippen LogP contribution < -0.4 is 4.74 Å². The van der Waals surface area contributed by atoms with Crippen molar-refractivity contribution in [2.45, 2.75) is 36.5 Å². The molecule has 0 radical (unpaired) electrons. The summed E-state index contributed by atoms with van der Waals surface area (Å²) in [5.74, 6) is 0.338. The molecule has 0 amide bonds. The Morgan fingerprint density at radius 3 is 2.41 bits per heavy atom. The van der Waals surface area contributed by atoms with Gasteiger partial charge in [0.25, 0.3) is 0 Å². The largest absolute Gasteiger partial charge is 0.495 e. The van der Waals surface area contributed by atoms with Crippen LogP contribution in [0.25, 0.3) is 0 Å². The van der Waals surface area contributed by atoms with Gasteiger partial charge in [0.2, 0.25) is 0 Å². The first-order chi connectivity index (χ1) is 7.89. The van der Waals surface area contributed by atoms with Gasteiger partial charge in [-0.15, -0.1) is 0 Å². The van der Waals surface area contributed by atoms with E-state index in [4.69, 9.17) is 4.74 Å². The van der Waals surface area contributed by atoms with Gasteiger partial charge in [0, 0.05) is 0 Å². The molecular weight excluding hydrogens is 240 g/mol. The lowest BCUT2D eigenvalue weighted by Crippen LogP contribution is -2.23. The summed E-state index contributed by atoms with van der Waals surface area (Å²) in [6, 6.07) is 6.51. The first-order valence-corrected chi connectivity index (χ1v) is 6.99. The number of aliphatic hydroxyl groups excluding tert-OH is 1. The fraction of sp³-hybridized carbons (Fsp3) is 0.500. The Kier molecular flexibility index (Phi) is 4.54. The molecular formula is C12H18O4S. The quantitative estimate of drug-likeness (QED) is 0.872. The molecule has 0 aromatic heterocycles. The highest BCUT2D eigenvalue weighted by molar-refractivity contribution is 7.92. The number of benzene rings is 1. The van der Waals surface area contributed by atoms with E-state index in [-0.39, 0.29) is 11.3 Å². The molecule has 0 aliphatic carbocycles. The molecule has 2 unspecified atom stereocenters. The average Bonchev–Trinajstić information content (AvgIpc) is 2.28. The normalized spacial score (nSPS) is 15.3. The number of ether oxygens (including phenoxy) is 1. The van der Waals surface area contributed by atoms with E-state index in [9.17, 15) is 13.5 Å². The standard InChI is InChI=1S/C12H18O4S/c1-9(13)8-10(2)17(14,15)12-7-5-4-6-11(12)16-3/h4-7,9-10,13H,8H2,1-3H3. The minimum atomic E-state index is -3.46. The predicted molar refractivity (Wildman–Crippen MR) is 65.9 cm³/mol. The van der Waals surface area contributed by atoms with Crippen molar-refractivity contribution in [2.75, 3.05) is 7.11 Å². The molecule has 0 fully saturated rings. The molecule has 5 heteroatoms. The third-order valence-electron chi connectivity index (χ3n) is 2.58. The summed E-state index contributed by atoms with van der Waals surface area (Å²) in [4.78, 5) is 0.177. The van der Waals surface area contributed by atoms with E-state index >= 15 is 0 Å². The second kappa shape index (κ2) is 5.51. The van der Waals surface area contributed by atoms with Gasteiger partial charge in [-0.05, 0) is 32.4 Å². The Hall–Kier alpha value is -1.07. The monoisotopic (exact) mass is 258 g/mol. The number of hydrogen-bond donors (Lipinski definition) is 1. The number of sulfone groups is 1. The fourth-order valence-electron chi connectivity index (χ4n) is 1.68. The number of para-hydroxylation sites is 1. The van der Waals surface area contributed by atoms with Crippen molar-refractivity contribution in [1.29, 1.82) is 0 Å². The lowest BCUT2D eigenvalue weighted by molar-refractivity contribution is 0.184. The minimum Gasteiger partial charge on any atom is -0.495 e. The molecule has 0 saturated heterocycles. The van der Waals surface area contributed by atoms with Crippen LogP contribution in [0.5, 0.6) is 5.75 Å². The van der Waals surface area contributed by atoms with E-state index in [1.165, 1.54) is 13.2 Å². The molecule has 0 saturated carbocycles. The second-order valence-electron chi connectivity index (χ2n) is 4.09. The van der Waals surface area contributed by atoms with Crippen molar-refractivity contribution in [3.05, 3.63) is 24.3 Å². The van der Waals surface area contributed by atoms with Gasteiger partial charge in [0.1, 0.15) is 10.6 Å². The molecule has 0 bridgehead atoms. The van der Waals surface area contributed by atoms with Crippen LogP contribution in [-0.2, 0) is 9.84 Å². The van der Waals surface area contributed by atoms with Crippen LogP contribution in [0.3, 0.4) is 0 Å². The lowest BCUT2D eigenvalue weighted by Gasteiger charge is -2.16. The number of rotatable bonds is 5. The topological polar surface area (TPSA) is 63.6 Å². The maximum absolute atomic E-state index is 12.3. The molecule has 0 heterocycles. The molecule has 4 nitrogen and oxygen atoms in total. The van der Waals surface area contributed by atoms with Crippen molar-refractivity contribution in [3.8, 4) is 5.75 Å². The van der Waals surface area contributed by atoms with Crippen LogP contribution in [0, 0.1) is 0 Å². The third-order valence-corrected chi connectivity index (χ3v) is 4.78. The van der Waals surface area contributed by atoms with E-state index in [1.54, 1.807) is 32.0 Å². The molecule has 1 aromatic carbocycles. The predicted octanol–water partition coefficient (Wildman–Crippen LogP) is 1.63. The van der Waals surface area contributed by atoms with Crippen molar-refractivity contribution < 1.29 is 18.3 Å². The van der Waals surface area contributed by atoms with Crippen LogP contribution in [0.15, 0.2) is 29.2 Å². The van der Waals surface area contributed by atoms with Gasteiger partial charge in [-0.1, -0.05) is 12.1 Å². The van der Waals surface area contributed by atoms with Crippen LogP contribution in [0.2, 0.25) is 0 Å². The van der Waals surface area contributed by atoms with E-state index in [0.29, 0.717) is 5.75 Å². The van der Waals surface area contributed by atoms with Crippen LogP contribution in [0.1, 0.15) is 20.3 Å². The van der Waals surface area contributed by atoms with Crippen molar-refractivity contribution in [1.82, 2.24) is 0 Å². The number of methoxy groups -OCH3 is 1. The first-order valence-electron chi connectivity index (χ1n) is 5.44. The highest BCUT2D eigenvalue weighted by Gasteiger charge is 2.27. The summed E-state index contributed by atoms with van der Waals surface area (Å²) < 4.78 is 29.6. The Labute approximate surface area is 102 Å². The zero-order chi connectivity index (χ0) is 13.1. The summed E-state index contributed by atoms with van der Waals surface area (Å²) >= 11 is 0. The van der Waals surface area contributed by atoms with Gasteiger partial charge in [-0.3, -0.25) is 0 Å². The number of hydrogen-bond acceptors (Lipinski definition) is 4. The first kappa shape index (κ1) is 14.0. The molecule has 2 atom stereocenters. The van der Waals surface area contributed by atoms with E-state index in [2.05, 4.69) is 0 Å². The Bertz CT molecular complexity index is 465. The third kappa shape index (κ3) is 3.20. The summed E-state index contributed by atoms with van der Waals surface area (Å²) in [6.07, 6.45) is -0.435. The smallest absolute Gasteiger partial charge is 0.184 e. The fourth-order valence-corrected chi connectivity index (χ4v) is 3.34. The van der Waals surface area contributed by atoms with Gasteiger partial charge in [0.05, 0.1) is 18.5 Å². The minimum absolute atomic E-state index is 0.177. The lowest BCUT2D eigenvalue weighted by atomic mass is 10.2. The van der Waals surface area contributed by atoms with Gasteiger partial charge in [-0.2, -0.15) is 0 Å². The molecule has 96 valence electrons. The maximum atomic E-state index is 12.3. The Balaban J connectivity index is 3.13. The Morgan fingerprint density at radius 1 is 1.29 bits per heavy atom. The van der Waals surface area contributed by atoms with Gasteiger partial charge >= 0.3 is 0 Å². The van der Waals surface area contributed by atoms with Gasteiger partial charge in [0.15, 0.2) is 9.84 Å². The van der Waals surface area contributed by atoms with Crippen molar-refractivity contribution >= 4 is 9.84 Å². The average molecular weight is 258 g/mol. The van der Waals surface area contributed by atoms with Crippen LogP contribution in [-0.4, -0.2) is 32.0 Å². The zero-order valence-corrected chi connectivity index (χ0v) is 11.1. The van der Waals surface area contributed by atoms with Gasteiger partial charge < -0.3 is 9.84 Å². The molecule has 1 aromatic rings. The van der Waals surface area contributed by atoms with E-state index < -0.39 is 21.2 Å². The molecule has 0 aliphatic heterocycles. The molecule has 0 aliphatic rings. The van der Waals surface area contributed by atoms with E-state index in [1.807, 2.05) is 0 Å². The zero-order valence-electron chi connectivity index (χ0n) is 10.3.